The molecule has 0 spiro atoms. The lowest BCUT2D eigenvalue weighted by molar-refractivity contribution is -0.136. The van der Waals surface area contributed by atoms with Crippen molar-refractivity contribution in [2.75, 3.05) is 18.0 Å². The lowest BCUT2D eigenvalue weighted by atomic mass is 10.0. The number of nitrogens with one attached hydrogen (secondary N) is 2. The molecule has 0 bridgehead atoms. The standard InChI is InChI=1S/C19H22F2N4O3/c1-9-6-24(7-10(2)22-9)13-5-11-8-25(12-3-4-14(26)23-18(12)27)19(28)15(11)17(21)16(13)20/h5,9-10,12,22H,3-4,6-8H2,1-2H3,(H,23,26,27). The smallest absolute Gasteiger partial charge is 0.258 e. The summed E-state index contributed by atoms with van der Waals surface area (Å²) in [5, 5.41) is 5.54. The SMILES string of the molecule is CC1CN(c2cc3c(c(F)c2F)C(=O)N(C2CCC(=O)NC2=O)C3)CC(C)N1. The molecule has 3 aliphatic rings. The van der Waals surface area contributed by atoms with Crippen molar-refractivity contribution in [2.24, 2.45) is 0 Å². The van der Waals surface area contributed by atoms with Gasteiger partial charge in [0.25, 0.3) is 5.91 Å². The summed E-state index contributed by atoms with van der Waals surface area (Å²) >= 11 is 0. The Labute approximate surface area is 161 Å². The van der Waals surface area contributed by atoms with Gasteiger partial charge in [0.1, 0.15) is 6.04 Å². The number of halogens is 2. The number of benzene rings is 1. The average molecular weight is 392 g/mol. The van der Waals surface area contributed by atoms with Crippen LogP contribution in [0.2, 0.25) is 0 Å². The topological polar surface area (TPSA) is 81.8 Å². The molecule has 2 fully saturated rings. The maximum Gasteiger partial charge on any atom is 0.258 e. The Kier molecular flexibility index (Phi) is 4.57. The summed E-state index contributed by atoms with van der Waals surface area (Å²) in [5.74, 6) is -3.91. The highest BCUT2D eigenvalue weighted by molar-refractivity contribution is 6.05. The summed E-state index contributed by atoms with van der Waals surface area (Å²) in [6.45, 7) is 4.99. The summed E-state index contributed by atoms with van der Waals surface area (Å²) in [4.78, 5) is 39.2. The molecular formula is C19H22F2N4O3. The number of anilines is 1. The molecule has 3 heterocycles. The van der Waals surface area contributed by atoms with Gasteiger partial charge in [-0.3, -0.25) is 19.7 Å². The number of amides is 3. The molecule has 3 atom stereocenters. The normalized spacial score (nSPS) is 27.9. The number of piperazine rings is 1. The zero-order chi connectivity index (χ0) is 20.2. The van der Waals surface area contributed by atoms with E-state index in [0.717, 1.165) is 0 Å². The molecule has 0 radical (unpaired) electrons. The van der Waals surface area contributed by atoms with Gasteiger partial charge in [-0.15, -0.1) is 0 Å². The van der Waals surface area contributed by atoms with Crippen molar-refractivity contribution in [3.63, 3.8) is 0 Å². The molecule has 3 unspecified atom stereocenters. The number of nitrogens with zero attached hydrogens (tertiary/aromatic N) is 2. The summed E-state index contributed by atoms with van der Waals surface area (Å²) < 4.78 is 29.7. The van der Waals surface area contributed by atoms with Crippen molar-refractivity contribution >= 4 is 23.4 Å². The number of carbonyl (C=O) groups excluding carboxylic acids is 3. The summed E-state index contributed by atoms with van der Waals surface area (Å²) in [5.41, 5.74) is 0.180. The van der Waals surface area contributed by atoms with Crippen molar-refractivity contribution < 1.29 is 23.2 Å². The molecule has 1 aromatic rings. The van der Waals surface area contributed by atoms with Gasteiger partial charge in [-0.05, 0) is 31.9 Å². The summed E-state index contributed by atoms with van der Waals surface area (Å²) in [7, 11) is 0. The Morgan fingerprint density at radius 1 is 1.07 bits per heavy atom. The van der Waals surface area contributed by atoms with Gasteiger partial charge in [-0.2, -0.15) is 0 Å². The molecule has 2 N–H and O–H groups in total. The van der Waals surface area contributed by atoms with Crippen LogP contribution in [0.15, 0.2) is 6.07 Å². The fraction of sp³-hybridized carbons (Fsp3) is 0.526. The van der Waals surface area contributed by atoms with Gasteiger partial charge >= 0.3 is 0 Å². The van der Waals surface area contributed by atoms with E-state index in [1.165, 1.54) is 11.0 Å². The van der Waals surface area contributed by atoms with Crippen molar-refractivity contribution in [1.29, 1.82) is 0 Å². The number of hydrogen-bond donors (Lipinski definition) is 2. The van der Waals surface area contributed by atoms with E-state index >= 15 is 0 Å². The fourth-order valence-corrected chi connectivity index (χ4v) is 4.40. The number of hydrogen-bond acceptors (Lipinski definition) is 5. The Balaban J connectivity index is 1.66. The molecule has 2 saturated heterocycles. The second kappa shape index (κ2) is 6.80. The van der Waals surface area contributed by atoms with E-state index in [1.54, 1.807) is 4.90 Å². The second-order valence-electron chi connectivity index (χ2n) is 7.83. The van der Waals surface area contributed by atoms with Crippen LogP contribution >= 0.6 is 0 Å². The van der Waals surface area contributed by atoms with Crippen LogP contribution in [0, 0.1) is 11.6 Å². The summed E-state index contributed by atoms with van der Waals surface area (Å²) in [6.07, 6.45) is 0.281. The third-order valence-electron chi connectivity index (χ3n) is 5.57. The van der Waals surface area contributed by atoms with Crippen molar-refractivity contribution in [3.8, 4) is 0 Å². The monoisotopic (exact) mass is 392 g/mol. The highest BCUT2D eigenvalue weighted by atomic mass is 19.2. The predicted octanol–water partition coefficient (Wildman–Crippen LogP) is 0.912. The van der Waals surface area contributed by atoms with Crippen LogP contribution in [0.25, 0.3) is 0 Å². The van der Waals surface area contributed by atoms with E-state index in [0.29, 0.717) is 18.7 Å². The molecule has 3 amide bonds. The van der Waals surface area contributed by atoms with Gasteiger partial charge in [-0.1, -0.05) is 0 Å². The number of carbonyl (C=O) groups is 3. The van der Waals surface area contributed by atoms with Gasteiger partial charge < -0.3 is 15.1 Å². The van der Waals surface area contributed by atoms with Crippen LogP contribution in [0.3, 0.4) is 0 Å². The number of piperidine rings is 1. The van der Waals surface area contributed by atoms with E-state index in [2.05, 4.69) is 10.6 Å². The van der Waals surface area contributed by atoms with Crippen LogP contribution in [0.1, 0.15) is 42.6 Å². The Morgan fingerprint density at radius 3 is 2.39 bits per heavy atom. The molecule has 1 aromatic carbocycles. The molecule has 150 valence electrons. The van der Waals surface area contributed by atoms with E-state index < -0.39 is 35.4 Å². The molecule has 7 nitrogen and oxygen atoms in total. The zero-order valence-corrected chi connectivity index (χ0v) is 15.7. The van der Waals surface area contributed by atoms with Gasteiger partial charge in [-0.25, -0.2) is 8.78 Å². The first-order valence-corrected chi connectivity index (χ1v) is 9.42. The van der Waals surface area contributed by atoms with E-state index in [4.69, 9.17) is 0 Å². The van der Waals surface area contributed by atoms with Gasteiger partial charge in [0, 0.05) is 38.1 Å². The number of rotatable bonds is 2. The van der Waals surface area contributed by atoms with Crippen molar-refractivity contribution in [2.45, 2.75) is 51.4 Å². The first-order chi connectivity index (χ1) is 13.3. The summed E-state index contributed by atoms with van der Waals surface area (Å²) in [6, 6.07) is 0.882. The van der Waals surface area contributed by atoms with Crippen molar-refractivity contribution in [3.05, 3.63) is 28.8 Å². The van der Waals surface area contributed by atoms with E-state index in [9.17, 15) is 23.2 Å². The molecule has 3 aliphatic heterocycles. The van der Waals surface area contributed by atoms with Gasteiger partial charge in [0.15, 0.2) is 11.6 Å². The van der Waals surface area contributed by atoms with Crippen LogP contribution in [0.5, 0.6) is 0 Å². The van der Waals surface area contributed by atoms with Gasteiger partial charge in [0.2, 0.25) is 11.8 Å². The quantitative estimate of drug-likeness (QED) is 0.732. The number of fused-ring (bicyclic) bond motifs is 1. The highest BCUT2D eigenvalue weighted by Crippen LogP contribution is 2.35. The Hall–Kier alpha value is -2.55. The molecule has 28 heavy (non-hydrogen) atoms. The maximum absolute atomic E-state index is 14.8. The minimum Gasteiger partial charge on any atom is -0.366 e. The van der Waals surface area contributed by atoms with Gasteiger partial charge in [0.05, 0.1) is 11.3 Å². The largest absolute Gasteiger partial charge is 0.366 e. The third-order valence-corrected chi connectivity index (χ3v) is 5.57. The zero-order valence-electron chi connectivity index (χ0n) is 15.7. The Bertz CT molecular complexity index is 865. The molecule has 0 aliphatic carbocycles. The van der Waals surface area contributed by atoms with Crippen LogP contribution in [0.4, 0.5) is 14.5 Å². The van der Waals surface area contributed by atoms with E-state index in [-0.39, 0.29) is 42.7 Å². The maximum atomic E-state index is 14.8. The highest BCUT2D eigenvalue weighted by Gasteiger charge is 2.42. The van der Waals surface area contributed by atoms with Crippen LogP contribution < -0.4 is 15.5 Å². The predicted molar refractivity (Wildman–Crippen MR) is 96.7 cm³/mol. The number of imide groups is 1. The second-order valence-corrected chi connectivity index (χ2v) is 7.83. The first-order valence-electron chi connectivity index (χ1n) is 9.42. The first kappa shape index (κ1) is 18.8. The van der Waals surface area contributed by atoms with Crippen molar-refractivity contribution in [1.82, 2.24) is 15.5 Å². The lowest BCUT2D eigenvalue weighted by Crippen LogP contribution is -2.54. The third kappa shape index (κ3) is 3.03. The molecule has 9 heteroatoms. The van der Waals surface area contributed by atoms with E-state index in [1.807, 2.05) is 13.8 Å². The molecule has 0 aromatic heterocycles. The molecular weight excluding hydrogens is 370 g/mol. The lowest BCUT2D eigenvalue weighted by Gasteiger charge is -2.38. The molecule has 4 rings (SSSR count). The van der Waals surface area contributed by atoms with Crippen LogP contribution in [-0.2, 0) is 16.1 Å². The minimum absolute atomic E-state index is 0.0157. The fourth-order valence-electron chi connectivity index (χ4n) is 4.40. The average Bonchev–Trinajstić information content (AvgIpc) is 2.94. The van der Waals surface area contributed by atoms with Crippen LogP contribution in [-0.4, -0.2) is 53.8 Å². The Morgan fingerprint density at radius 2 is 1.75 bits per heavy atom. The minimum atomic E-state index is -1.17. The molecule has 0 saturated carbocycles.